The maximum Gasteiger partial charge on any atom is 0.267 e. The Balaban J connectivity index is 2.02. The van der Waals surface area contributed by atoms with Crippen LogP contribution in [0.2, 0.25) is 0 Å². The van der Waals surface area contributed by atoms with Crippen LogP contribution in [-0.2, 0) is 12.8 Å². The summed E-state index contributed by atoms with van der Waals surface area (Å²) in [7, 11) is 0. The first kappa shape index (κ1) is 15.9. The maximum absolute atomic E-state index is 13.4. The summed E-state index contributed by atoms with van der Waals surface area (Å²) in [6.45, 7) is 2.06. The van der Waals surface area contributed by atoms with E-state index in [2.05, 4.69) is 6.92 Å². The minimum absolute atomic E-state index is 0.0904. The van der Waals surface area contributed by atoms with Gasteiger partial charge in [-0.05, 0) is 56.6 Å². The molecule has 0 unspecified atom stereocenters. The zero-order valence-electron chi connectivity index (χ0n) is 14.0. The van der Waals surface area contributed by atoms with Gasteiger partial charge in [0.05, 0.1) is 11.1 Å². The van der Waals surface area contributed by atoms with Crippen LogP contribution in [0, 0.1) is 6.92 Å². The standard InChI is InChI=1S/C19H20N2OS2/c1-12-8-10-13(11-9-12)21-18(22)16-14-6-4-3-5-7-15(14)24-17(16)20-19(21)23-2/h8-11H,3-7H2,1-2H3. The molecule has 2 heterocycles. The van der Waals surface area contributed by atoms with Gasteiger partial charge in [-0.25, -0.2) is 4.98 Å². The smallest absolute Gasteiger partial charge is 0.267 e. The van der Waals surface area contributed by atoms with E-state index in [1.54, 1.807) is 15.9 Å². The Kier molecular flexibility index (Phi) is 4.22. The van der Waals surface area contributed by atoms with Gasteiger partial charge in [0.15, 0.2) is 5.16 Å². The summed E-state index contributed by atoms with van der Waals surface area (Å²) in [6, 6.07) is 8.11. The molecule has 1 aromatic carbocycles. The molecule has 4 rings (SSSR count). The van der Waals surface area contributed by atoms with Crippen LogP contribution < -0.4 is 5.56 Å². The molecular weight excluding hydrogens is 336 g/mol. The lowest BCUT2D eigenvalue weighted by Gasteiger charge is -2.11. The fraction of sp³-hybridized carbons (Fsp3) is 0.368. The molecule has 0 amide bonds. The first-order valence-corrected chi connectivity index (χ1v) is 10.4. The van der Waals surface area contributed by atoms with Crippen LogP contribution >= 0.6 is 23.1 Å². The van der Waals surface area contributed by atoms with E-state index in [0.29, 0.717) is 0 Å². The molecule has 3 aromatic rings. The summed E-state index contributed by atoms with van der Waals surface area (Å²) in [5.74, 6) is 0. The summed E-state index contributed by atoms with van der Waals surface area (Å²) in [6.07, 6.45) is 7.74. The fourth-order valence-electron chi connectivity index (χ4n) is 3.42. The van der Waals surface area contributed by atoms with E-state index in [9.17, 15) is 4.79 Å². The van der Waals surface area contributed by atoms with Crippen molar-refractivity contribution in [3.8, 4) is 5.69 Å². The number of thioether (sulfide) groups is 1. The third-order valence-electron chi connectivity index (χ3n) is 4.68. The molecule has 0 atom stereocenters. The third-order valence-corrected chi connectivity index (χ3v) is 6.51. The molecule has 1 aliphatic rings. The third kappa shape index (κ3) is 2.60. The lowest BCUT2D eigenvalue weighted by molar-refractivity contribution is 0.713. The van der Waals surface area contributed by atoms with E-state index < -0.39 is 0 Å². The van der Waals surface area contributed by atoms with Crippen molar-refractivity contribution in [2.24, 2.45) is 0 Å². The molecule has 0 saturated heterocycles. The first-order chi connectivity index (χ1) is 11.7. The van der Waals surface area contributed by atoms with Crippen LogP contribution in [-0.4, -0.2) is 15.8 Å². The lowest BCUT2D eigenvalue weighted by Crippen LogP contribution is -2.21. The normalized spacial score (nSPS) is 14.6. The van der Waals surface area contributed by atoms with E-state index in [1.165, 1.54) is 47.0 Å². The summed E-state index contributed by atoms with van der Waals surface area (Å²) >= 11 is 3.26. The highest BCUT2D eigenvalue weighted by molar-refractivity contribution is 7.98. The molecule has 24 heavy (non-hydrogen) atoms. The summed E-state index contributed by atoms with van der Waals surface area (Å²) in [5, 5.41) is 1.63. The van der Waals surface area contributed by atoms with Crippen molar-refractivity contribution in [2.45, 2.75) is 44.2 Å². The molecule has 2 aromatic heterocycles. The van der Waals surface area contributed by atoms with E-state index >= 15 is 0 Å². The minimum Gasteiger partial charge on any atom is -0.268 e. The number of hydrogen-bond acceptors (Lipinski definition) is 4. The van der Waals surface area contributed by atoms with Crippen molar-refractivity contribution in [2.75, 3.05) is 6.26 Å². The fourth-order valence-corrected chi connectivity index (χ4v) is 5.28. The predicted molar refractivity (Wildman–Crippen MR) is 103 cm³/mol. The van der Waals surface area contributed by atoms with Gasteiger partial charge in [-0.15, -0.1) is 11.3 Å². The van der Waals surface area contributed by atoms with E-state index in [0.717, 1.165) is 33.9 Å². The van der Waals surface area contributed by atoms with Crippen molar-refractivity contribution in [1.29, 1.82) is 0 Å². The molecule has 0 saturated carbocycles. The zero-order chi connectivity index (χ0) is 16.7. The molecule has 0 spiro atoms. The van der Waals surface area contributed by atoms with Gasteiger partial charge in [0.1, 0.15) is 4.83 Å². The highest BCUT2D eigenvalue weighted by Crippen LogP contribution is 2.34. The summed E-state index contributed by atoms with van der Waals surface area (Å²) in [4.78, 5) is 20.5. The molecule has 0 N–H and O–H groups in total. The largest absolute Gasteiger partial charge is 0.268 e. The van der Waals surface area contributed by atoms with Gasteiger partial charge in [0, 0.05) is 4.88 Å². The van der Waals surface area contributed by atoms with Crippen molar-refractivity contribution >= 4 is 33.3 Å². The predicted octanol–water partition coefficient (Wildman–Crippen LogP) is 4.75. The average molecular weight is 357 g/mol. The van der Waals surface area contributed by atoms with Gasteiger partial charge in [0.2, 0.25) is 0 Å². The van der Waals surface area contributed by atoms with Crippen molar-refractivity contribution < 1.29 is 0 Å². The highest BCUT2D eigenvalue weighted by atomic mass is 32.2. The Bertz CT molecular complexity index is 954. The van der Waals surface area contributed by atoms with Crippen molar-refractivity contribution in [3.63, 3.8) is 0 Å². The number of aryl methyl sites for hydroxylation is 3. The Labute approximate surface area is 149 Å². The van der Waals surface area contributed by atoms with Gasteiger partial charge >= 0.3 is 0 Å². The number of nitrogens with zero attached hydrogens (tertiary/aromatic N) is 2. The zero-order valence-corrected chi connectivity index (χ0v) is 15.6. The number of aromatic nitrogens is 2. The van der Waals surface area contributed by atoms with E-state index in [4.69, 9.17) is 4.98 Å². The lowest BCUT2D eigenvalue weighted by atomic mass is 10.1. The number of hydrogen-bond donors (Lipinski definition) is 0. The number of thiophene rings is 1. The topological polar surface area (TPSA) is 34.9 Å². The van der Waals surface area contributed by atoms with Gasteiger partial charge in [-0.1, -0.05) is 35.9 Å². The number of rotatable bonds is 2. The minimum atomic E-state index is 0.0904. The molecule has 5 heteroatoms. The van der Waals surface area contributed by atoms with E-state index in [-0.39, 0.29) is 5.56 Å². The summed E-state index contributed by atoms with van der Waals surface area (Å²) in [5.41, 5.74) is 3.44. The van der Waals surface area contributed by atoms with Gasteiger partial charge < -0.3 is 0 Å². The quantitative estimate of drug-likeness (QED) is 0.378. The van der Waals surface area contributed by atoms with Crippen molar-refractivity contribution in [1.82, 2.24) is 9.55 Å². The monoisotopic (exact) mass is 356 g/mol. The second-order valence-corrected chi connectivity index (χ2v) is 8.18. The van der Waals surface area contributed by atoms with Crippen LogP contribution in [0.15, 0.2) is 34.2 Å². The second-order valence-electron chi connectivity index (χ2n) is 6.32. The Morgan fingerprint density at radius 3 is 2.62 bits per heavy atom. The van der Waals surface area contributed by atoms with E-state index in [1.807, 2.05) is 30.5 Å². The Hall–Kier alpha value is -1.59. The second kappa shape index (κ2) is 6.37. The molecule has 0 fully saturated rings. The molecule has 0 aliphatic heterocycles. The molecule has 0 bridgehead atoms. The van der Waals surface area contributed by atoms with Gasteiger partial charge in [-0.2, -0.15) is 0 Å². The van der Waals surface area contributed by atoms with Crippen LogP contribution in [0.3, 0.4) is 0 Å². The SMILES string of the molecule is CSc1nc2sc3c(c2c(=O)n1-c1ccc(C)cc1)CCCCC3. The average Bonchev–Trinajstić information content (AvgIpc) is 2.77. The molecule has 1 aliphatic carbocycles. The molecule has 0 radical (unpaired) electrons. The van der Waals surface area contributed by atoms with Crippen LogP contribution in [0.5, 0.6) is 0 Å². The number of fused-ring (bicyclic) bond motifs is 3. The Morgan fingerprint density at radius 2 is 1.88 bits per heavy atom. The molecule has 124 valence electrons. The molecular formula is C19H20N2OS2. The van der Waals surface area contributed by atoms with Crippen LogP contribution in [0.4, 0.5) is 0 Å². The maximum atomic E-state index is 13.4. The number of benzene rings is 1. The highest BCUT2D eigenvalue weighted by Gasteiger charge is 2.21. The molecule has 3 nitrogen and oxygen atoms in total. The van der Waals surface area contributed by atoms with Gasteiger partial charge in [0.25, 0.3) is 5.56 Å². The van der Waals surface area contributed by atoms with Crippen molar-refractivity contribution in [3.05, 3.63) is 50.6 Å². The Morgan fingerprint density at radius 1 is 1.12 bits per heavy atom. The first-order valence-electron chi connectivity index (χ1n) is 8.37. The van der Waals surface area contributed by atoms with Gasteiger partial charge in [-0.3, -0.25) is 9.36 Å². The van der Waals surface area contributed by atoms with Crippen LogP contribution in [0.25, 0.3) is 15.9 Å². The summed E-state index contributed by atoms with van der Waals surface area (Å²) < 4.78 is 1.78. The van der Waals surface area contributed by atoms with Crippen LogP contribution in [0.1, 0.15) is 35.3 Å².